The number of aryl methyl sites for hydroxylation is 1. The molecule has 0 amide bonds. The SMILES string of the molecule is Cc1cc(C=O)ccc1OCCO. The molecule has 1 aromatic rings. The first-order valence-electron chi connectivity index (χ1n) is 4.07. The number of ether oxygens (including phenoxy) is 1. The van der Waals surface area contributed by atoms with Crippen molar-refractivity contribution in [3.8, 4) is 5.75 Å². The van der Waals surface area contributed by atoms with E-state index in [1.165, 1.54) is 0 Å². The lowest BCUT2D eigenvalue weighted by Gasteiger charge is -2.07. The first kappa shape index (κ1) is 9.74. The van der Waals surface area contributed by atoms with E-state index >= 15 is 0 Å². The number of hydrogen-bond donors (Lipinski definition) is 1. The first-order chi connectivity index (χ1) is 6.27. The number of aliphatic hydroxyl groups excluding tert-OH is 1. The third-order valence-corrected chi connectivity index (χ3v) is 1.68. The Balaban J connectivity index is 2.79. The molecule has 0 atom stereocenters. The molecule has 0 aliphatic heterocycles. The number of carbonyl (C=O) groups excluding carboxylic acids is 1. The van der Waals surface area contributed by atoms with Crippen LogP contribution in [0.4, 0.5) is 0 Å². The summed E-state index contributed by atoms with van der Waals surface area (Å²) in [5, 5.41) is 8.54. The molecule has 0 fully saturated rings. The van der Waals surface area contributed by atoms with E-state index in [1.807, 2.05) is 6.92 Å². The van der Waals surface area contributed by atoms with Gasteiger partial charge in [-0.2, -0.15) is 0 Å². The molecule has 0 aliphatic rings. The Morgan fingerprint density at radius 2 is 2.31 bits per heavy atom. The Labute approximate surface area is 77.0 Å². The Morgan fingerprint density at radius 3 is 2.85 bits per heavy atom. The zero-order chi connectivity index (χ0) is 9.68. The van der Waals surface area contributed by atoms with E-state index in [-0.39, 0.29) is 13.2 Å². The summed E-state index contributed by atoms with van der Waals surface area (Å²) in [5.74, 6) is 0.708. The quantitative estimate of drug-likeness (QED) is 0.708. The molecule has 0 spiro atoms. The maximum atomic E-state index is 10.4. The van der Waals surface area contributed by atoms with E-state index in [4.69, 9.17) is 9.84 Å². The fourth-order valence-electron chi connectivity index (χ4n) is 1.06. The standard InChI is InChI=1S/C10H12O3/c1-8-6-9(7-12)2-3-10(8)13-5-4-11/h2-3,6-7,11H,4-5H2,1H3. The zero-order valence-corrected chi connectivity index (χ0v) is 7.49. The number of hydrogen-bond acceptors (Lipinski definition) is 3. The largest absolute Gasteiger partial charge is 0.491 e. The second-order valence-electron chi connectivity index (χ2n) is 2.71. The Kier molecular flexibility index (Phi) is 3.46. The average molecular weight is 180 g/mol. The van der Waals surface area contributed by atoms with Crippen molar-refractivity contribution in [2.75, 3.05) is 13.2 Å². The molecule has 0 bridgehead atoms. The van der Waals surface area contributed by atoms with Gasteiger partial charge in [-0.05, 0) is 30.7 Å². The average Bonchev–Trinajstić information content (AvgIpc) is 2.16. The topological polar surface area (TPSA) is 46.5 Å². The molecule has 13 heavy (non-hydrogen) atoms. The summed E-state index contributed by atoms with van der Waals surface area (Å²) < 4.78 is 5.22. The van der Waals surface area contributed by atoms with Gasteiger partial charge in [-0.3, -0.25) is 4.79 Å². The number of aliphatic hydroxyl groups is 1. The van der Waals surface area contributed by atoms with Crippen LogP contribution in [0.15, 0.2) is 18.2 Å². The normalized spacial score (nSPS) is 9.69. The highest BCUT2D eigenvalue weighted by Gasteiger charge is 1.99. The van der Waals surface area contributed by atoms with Gasteiger partial charge in [0.05, 0.1) is 6.61 Å². The monoisotopic (exact) mass is 180 g/mol. The van der Waals surface area contributed by atoms with Gasteiger partial charge in [0.2, 0.25) is 0 Å². The summed E-state index contributed by atoms with van der Waals surface area (Å²) in [6.45, 7) is 2.13. The smallest absolute Gasteiger partial charge is 0.150 e. The molecule has 1 rings (SSSR count). The predicted molar refractivity (Wildman–Crippen MR) is 49.1 cm³/mol. The molecule has 70 valence electrons. The minimum atomic E-state index is -0.00509. The summed E-state index contributed by atoms with van der Waals surface area (Å²) in [4.78, 5) is 10.4. The molecule has 0 aromatic heterocycles. The molecule has 0 radical (unpaired) electrons. The van der Waals surface area contributed by atoms with Crippen LogP contribution in [-0.2, 0) is 0 Å². The van der Waals surface area contributed by atoms with Gasteiger partial charge in [-0.25, -0.2) is 0 Å². The van der Waals surface area contributed by atoms with Gasteiger partial charge in [0, 0.05) is 5.56 Å². The van der Waals surface area contributed by atoms with E-state index in [0.29, 0.717) is 11.3 Å². The van der Waals surface area contributed by atoms with Crippen molar-refractivity contribution < 1.29 is 14.6 Å². The first-order valence-corrected chi connectivity index (χ1v) is 4.07. The number of benzene rings is 1. The van der Waals surface area contributed by atoms with Crippen LogP contribution in [0.2, 0.25) is 0 Å². The van der Waals surface area contributed by atoms with Crippen LogP contribution in [0, 0.1) is 6.92 Å². The van der Waals surface area contributed by atoms with Gasteiger partial charge >= 0.3 is 0 Å². The minimum Gasteiger partial charge on any atom is -0.491 e. The molecule has 0 saturated carbocycles. The lowest BCUT2D eigenvalue weighted by molar-refractivity contribution is 0.112. The summed E-state index contributed by atoms with van der Waals surface area (Å²) in [7, 11) is 0. The molecular weight excluding hydrogens is 168 g/mol. The third-order valence-electron chi connectivity index (χ3n) is 1.68. The minimum absolute atomic E-state index is 0.00509. The van der Waals surface area contributed by atoms with E-state index in [2.05, 4.69) is 0 Å². The molecule has 0 aliphatic carbocycles. The molecule has 3 nitrogen and oxygen atoms in total. The summed E-state index contributed by atoms with van der Waals surface area (Å²) in [6, 6.07) is 5.17. The summed E-state index contributed by atoms with van der Waals surface area (Å²) in [6.07, 6.45) is 0.794. The van der Waals surface area contributed by atoms with E-state index in [0.717, 1.165) is 11.8 Å². The van der Waals surface area contributed by atoms with Gasteiger partial charge in [-0.1, -0.05) is 0 Å². The zero-order valence-electron chi connectivity index (χ0n) is 7.49. The van der Waals surface area contributed by atoms with Crippen molar-refractivity contribution in [2.45, 2.75) is 6.92 Å². The van der Waals surface area contributed by atoms with Crippen LogP contribution < -0.4 is 4.74 Å². The maximum absolute atomic E-state index is 10.4. The molecule has 0 unspecified atom stereocenters. The molecule has 1 N–H and O–H groups in total. The summed E-state index contributed by atoms with van der Waals surface area (Å²) >= 11 is 0. The van der Waals surface area contributed by atoms with Crippen LogP contribution in [0.1, 0.15) is 15.9 Å². The van der Waals surface area contributed by atoms with E-state index in [9.17, 15) is 4.79 Å². The number of aldehydes is 1. The highest BCUT2D eigenvalue weighted by atomic mass is 16.5. The highest BCUT2D eigenvalue weighted by Crippen LogP contribution is 2.17. The highest BCUT2D eigenvalue weighted by molar-refractivity contribution is 5.75. The van der Waals surface area contributed by atoms with E-state index < -0.39 is 0 Å². The van der Waals surface area contributed by atoms with Crippen LogP contribution >= 0.6 is 0 Å². The van der Waals surface area contributed by atoms with Gasteiger partial charge in [-0.15, -0.1) is 0 Å². The van der Waals surface area contributed by atoms with Crippen LogP contribution in [0.25, 0.3) is 0 Å². The van der Waals surface area contributed by atoms with Gasteiger partial charge in [0.1, 0.15) is 18.6 Å². The van der Waals surface area contributed by atoms with Crippen LogP contribution in [0.5, 0.6) is 5.75 Å². The fourth-order valence-corrected chi connectivity index (χ4v) is 1.06. The predicted octanol–water partition coefficient (Wildman–Crippen LogP) is 1.18. The van der Waals surface area contributed by atoms with Crippen LogP contribution in [-0.4, -0.2) is 24.6 Å². The van der Waals surface area contributed by atoms with Crippen molar-refractivity contribution in [1.29, 1.82) is 0 Å². The Bertz CT molecular complexity index is 294. The van der Waals surface area contributed by atoms with Crippen molar-refractivity contribution in [3.05, 3.63) is 29.3 Å². The Hall–Kier alpha value is -1.35. The summed E-state index contributed by atoms with van der Waals surface area (Å²) in [5.41, 5.74) is 1.53. The molecule has 1 aromatic carbocycles. The Morgan fingerprint density at radius 1 is 1.54 bits per heavy atom. The molecule has 0 saturated heterocycles. The number of rotatable bonds is 4. The van der Waals surface area contributed by atoms with E-state index in [1.54, 1.807) is 18.2 Å². The lowest BCUT2D eigenvalue weighted by Crippen LogP contribution is -2.02. The molecule has 0 heterocycles. The second kappa shape index (κ2) is 4.62. The van der Waals surface area contributed by atoms with Crippen molar-refractivity contribution >= 4 is 6.29 Å². The van der Waals surface area contributed by atoms with Gasteiger partial charge in [0.25, 0.3) is 0 Å². The lowest BCUT2D eigenvalue weighted by atomic mass is 10.1. The van der Waals surface area contributed by atoms with Crippen molar-refractivity contribution in [2.24, 2.45) is 0 Å². The van der Waals surface area contributed by atoms with Crippen LogP contribution in [0.3, 0.4) is 0 Å². The fraction of sp³-hybridized carbons (Fsp3) is 0.300. The van der Waals surface area contributed by atoms with Crippen molar-refractivity contribution in [3.63, 3.8) is 0 Å². The van der Waals surface area contributed by atoms with Crippen molar-refractivity contribution in [1.82, 2.24) is 0 Å². The maximum Gasteiger partial charge on any atom is 0.150 e. The molecular formula is C10H12O3. The van der Waals surface area contributed by atoms with Gasteiger partial charge in [0.15, 0.2) is 0 Å². The van der Waals surface area contributed by atoms with Gasteiger partial charge < -0.3 is 9.84 Å². The number of carbonyl (C=O) groups is 1. The molecule has 3 heteroatoms. The third kappa shape index (κ3) is 2.56. The second-order valence-corrected chi connectivity index (χ2v) is 2.71.